The van der Waals surface area contributed by atoms with Crippen LogP contribution in [0.5, 0.6) is 5.75 Å². The highest BCUT2D eigenvalue weighted by molar-refractivity contribution is 6.35. The van der Waals surface area contributed by atoms with Crippen molar-refractivity contribution in [3.05, 3.63) is 57.3 Å². The summed E-state index contributed by atoms with van der Waals surface area (Å²) >= 11 is 11.8. The molecule has 0 aromatic heterocycles. The molecule has 0 N–H and O–H groups in total. The molecular weight excluding hydrogens is 454 g/mol. The molecule has 162 valence electrons. The molecule has 11 heteroatoms. The van der Waals surface area contributed by atoms with Gasteiger partial charge in [-0.3, -0.25) is 4.79 Å². The molecule has 0 bridgehead atoms. The molecule has 0 saturated carbocycles. The molecule has 2 aromatic carbocycles. The molecular formula is C19H15Cl2F5N2O2. The van der Waals surface area contributed by atoms with Crippen LogP contribution in [0.2, 0.25) is 10.0 Å². The van der Waals surface area contributed by atoms with Gasteiger partial charge in [0.2, 0.25) is 5.82 Å². The fourth-order valence-electron chi connectivity index (χ4n) is 3.09. The fourth-order valence-corrected chi connectivity index (χ4v) is 3.54. The third kappa shape index (κ3) is 4.27. The molecule has 0 spiro atoms. The SMILES string of the molecule is CC(Oc1ccc(Cl)cc1Cl)C(=O)N1CCN(c2c(F)c(F)c(F)c(F)c2F)CC1. The van der Waals surface area contributed by atoms with E-state index in [-0.39, 0.29) is 37.0 Å². The molecule has 1 atom stereocenters. The van der Waals surface area contributed by atoms with Crippen molar-refractivity contribution in [1.82, 2.24) is 4.90 Å². The fraction of sp³-hybridized carbons (Fsp3) is 0.316. The zero-order valence-corrected chi connectivity index (χ0v) is 17.0. The summed E-state index contributed by atoms with van der Waals surface area (Å²) in [6, 6.07) is 4.51. The molecule has 0 aliphatic carbocycles. The predicted octanol–water partition coefficient (Wildman–Crippen LogP) is 4.81. The molecule has 0 radical (unpaired) electrons. The minimum atomic E-state index is -2.21. The van der Waals surface area contributed by atoms with E-state index in [1.165, 1.54) is 24.0 Å². The number of benzene rings is 2. The van der Waals surface area contributed by atoms with E-state index in [4.69, 9.17) is 27.9 Å². The average Bonchev–Trinajstić information content (AvgIpc) is 2.73. The second-order valence-corrected chi connectivity index (χ2v) is 7.41. The van der Waals surface area contributed by atoms with E-state index in [0.29, 0.717) is 5.02 Å². The molecule has 1 heterocycles. The van der Waals surface area contributed by atoms with Gasteiger partial charge in [-0.15, -0.1) is 0 Å². The highest BCUT2D eigenvalue weighted by Crippen LogP contribution is 2.31. The van der Waals surface area contributed by atoms with Gasteiger partial charge in [0.15, 0.2) is 29.4 Å². The lowest BCUT2D eigenvalue weighted by Crippen LogP contribution is -2.52. The lowest BCUT2D eigenvalue weighted by Gasteiger charge is -2.37. The van der Waals surface area contributed by atoms with Crippen molar-refractivity contribution in [3.63, 3.8) is 0 Å². The van der Waals surface area contributed by atoms with E-state index in [1.54, 1.807) is 6.07 Å². The van der Waals surface area contributed by atoms with Crippen molar-refractivity contribution in [3.8, 4) is 5.75 Å². The van der Waals surface area contributed by atoms with Crippen LogP contribution in [-0.2, 0) is 4.79 Å². The number of hydrogen-bond donors (Lipinski definition) is 0. The maximum absolute atomic E-state index is 14.0. The van der Waals surface area contributed by atoms with E-state index < -0.39 is 46.8 Å². The average molecular weight is 469 g/mol. The molecule has 1 aliphatic rings. The van der Waals surface area contributed by atoms with Crippen LogP contribution in [0.15, 0.2) is 18.2 Å². The number of carbonyl (C=O) groups is 1. The number of nitrogens with zero attached hydrogens (tertiary/aromatic N) is 2. The van der Waals surface area contributed by atoms with Crippen LogP contribution in [0.25, 0.3) is 0 Å². The van der Waals surface area contributed by atoms with Crippen LogP contribution in [0.1, 0.15) is 6.92 Å². The van der Waals surface area contributed by atoms with Gasteiger partial charge in [0.25, 0.3) is 5.91 Å². The van der Waals surface area contributed by atoms with Crippen molar-refractivity contribution < 1.29 is 31.5 Å². The number of amides is 1. The Morgan fingerprint density at radius 1 is 0.933 bits per heavy atom. The van der Waals surface area contributed by atoms with E-state index >= 15 is 0 Å². The molecule has 1 unspecified atom stereocenters. The van der Waals surface area contributed by atoms with Gasteiger partial charge in [0, 0.05) is 31.2 Å². The van der Waals surface area contributed by atoms with E-state index in [0.717, 1.165) is 4.90 Å². The molecule has 1 fully saturated rings. The van der Waals surface area contributed by atoms with Crippen LogP contribution >= 0.6 is 23.2 Å². The zero-order valence-electron chi connectivity index (χ0n) is 15.5. The van der Waals surface area contributed by atoms with Gasteiger partial charge in [0.1, 0.15) is 11.4 Å². The predicted molar refractivity (Wildman–Crippen MR) is 102 cm³/mol. The van der Waals surface area contributed by atoms with Crippen molar-refractivity contribution in [2.75, 3.05) is 31.1 Å². The maximum atomic E-state index is 14.0. The highest BCUT2D eigenvalue weighted by atomic mass is 35.5. The number of piperazine rings is 1. The van der Waals surface area contributed by atoms with Crippen LogP contribution in [0, 0.1) is 29.1 Å². The second kappa shape index (κ2) is 8.85. The van der Waals surface area contributed by atoms with Crippen LogP contribution in [0.4, 0.5) is 27.6 Å². The summed E-state index contributed by atoms with van der Waals surface area (Å²) in [4.78, 5) is 15.0. The number of rotatable bonds is 4. The Kier molecular flexibility index (Phi) is 6.62. The largest absolute Gasteiger partial charge is 0.479 e. The first-order valence-corrected chi connectivity index (χ1v) is 9.54. The number of carbonyl (C=O) groups excluding carboxylic acids is 1. The molecule has 30 heavy (non-hydrogen) atoms. The Morgan fingerprint density at radius 2 is 1.47 bits per heavy atom. The Labute approximate surface area is 178 Å². The van der Waals surface area contributed by atoms with Crippen molar-refractivity contribution >= 4 is 34.8 Å². The molecule has 1 amide bonds. The minimum Gasteiger partial charge on any atom is -0.479 e. The topological polar surface area (TPSA) is 32.8 Å². The zero-order chi connectivity index (χ0) is 22.2. The third-order valence-electron chi connectivity index (χ3n) is 4.64. The van der Waals surface area contributed by atoms with Crippen LogP contribution in [0.3, 0.4) is 0 Å². The number of hydrogen-bond acceptors (Lipinski definition) is 3. The second-order valence-electron chi connectivity index (χ2n) is 6.57. The lowest BCUT2D eigenvalue weighted by atomic mass is 10.2. The van der Waals surface area contributed by atoms with E-state index in [2.05, 4.69) is 0 Å². The normalized spacial score (nSPS) is 15.3. The summed E-state index contributed by atoms with van der Waals surface area (Å²) in [5, 5.41) is 0.619. The van der Waals surface area contributed by atoms with Gasteiger partial charge >= 0.3 is 0 Å². The summed E-state index contributed by atoms with van der Waals surface area (Å²) < 4.78 is 73.7. The Balaban J connectivity index is 1.68. The van der Waals surface area contributed by atoms with Crippen molar-refractivity contribution in [1.29, 1.82) is 0 Å². The highest BCUT2D eigenvalue weighted by Gasteiger charge is 2.32. The molecule has 3 rings (SSSR count). The Bertz CT molecular complexity index is 955. The van der Waals surface area contributed by atoms with Gasteiger partial charge in [-0.2, -0.15) is 0 Å². The van der Waals surface area contributed by atoms with Crippen molar-refractivity contribution in [2.45, 2.75) is 13.0 Å². The monoisotopic (exact) mass is 468 g/mol. The summed E-state index contributed by atoms with van der Waals surface area (Å²) in [5.41, 5.74) is -1.00. The smallest absolute Gasteiger partial charge is 0.263 e. The molecule has 1 aliphatic heterocycles. The molecule has 1 saturated heterocycles. The summed E-state index contributed by atoms with van der Waals surface area (Å²) in [6.45, 7) is 1.25. The first kappa shape index (κ1) is 22.4. The number of anilines is 1. The van der Waals surface area contributed by atoms with Gasteiger partial charge in [-0.05, 0) is 25.1 Å². The number of halogens is 7. The van der Waals surface area contributed by atoms with E-state index in [9.17, 15) is 26.7 Å². The van der Waals surface area contributed by atoms with Gasteiger partial charge < -0.3 is 14.5 Å². The quantitative estimate of drug-likeness (QED) is 0.367. The summed E-state index contributed by atoms with van der Waals surface area (Å²) in [7, 11) is 0. The summed E-state index contributed by atoms with van der Waals surface area (Å²) in [6.07, 6.45) is -0.926. The Morgan fingerprint density at radius 3 is 2.00 bits per heavy atom. The van der Waals surface area contributed by atoms with Crippen LogP contribution < -0.4 is 9.64 Å². The van der Waals surface area contributed by atoms with Crippen LogP contribution in [-0.4, -0.2) is 43.1 Å². The number of ether oxygens (including phenoxy) is 1. The first-order chi connectivity index (χ1) is 14.1. The maximum Gasteiger partial charge on any atom is 0.263 e. The molecule has 4 nitrogen and oxygen atoms in total. The minimum absolute atomic E-state index is 0.000375. The first-order valence-electron chi connectivity index (χ1n) is 8.78. The summed E-state index contributed by atoms with van der Waals surface area (Å²) in [5.74, 6) is -10.2. The molecule has 2 aromatic rings. The van der Waals surface area contributed by atoms with Gasteiger partial charge in [-0.1, -0.05) is 23.2 Å². The van der Waals surface area contributed by atoms with Gasteiger partial charge in [0.05, 0.1) is 5.02 Å². The lowest BCUT2D eigenvalue weighted by molar-refractivity contribution is -0.138. The third-order valence-corrected chi connectivity index (χ3v) is 5.17. The van der Waals surface area contributed by atoms with E-state index in [1.807, 2.05) is 0 Å². The van der Waals surface area contributed by atoms with Crippen molar-refractivity contribution in [2.24, 2.45) is 0 Å². The van der Waals surface area contributed by atoms with Gasteiger partial charge in [-0.25, -0.2) is 22.0 Å². The Hall–Kier alpha value is -2.26. The standard InChI is InChI=1S/C19H15Cl2F5N2O2/c1-9(30-12-3-2-10(20)8-11(12)21)19(29)28-6-4-27(5-7-28)18-16(25)14(23)13(22)15(24)17(18)26/h2-3,8-9H,4-7H2,1H3.